The number of aromatic nitrogens is 2. The molecule has 1 aromatic heterocycles. The van der Waals surface area contributed by atoms with Gasteiger partial charge >= 0.3 is 5.97 Å². The Morgan fingerprint density at radius 3 is 2.40 bits per heavy atom. The molecule has 0 amide bonds. The second-order valence-electron chi connectivity index (χ2n) is 4.23. The van der Waals surface area contributed by atoms with Crippen molar-refractivity contribution in [3.63, 3.8) is 0 Å². The summed E-state index contributed by atoms with van der Waals surface area (Å²) >= 11 is 0. The summed E-state index contributed by atoms with van der Waals surface area (Å²) in [5.74, 6) is -4.81. The molecule has 0 unspecified atom stereocenters. The lowest BCUT2D eigenvalue weighted by Gasteiger charge is -2.17. The number of halogens is 2. The fraction of sp³-hybridized carbons (Fsp3) is 0.583. The molecule has 0 spiro atoms. The molecule has 0 radical (unpaired) electrons. The number of nitrogens with one attached hydrogen (secondary N) is 1. The molecule has 1 heterocycles. The molecule has 8 heteroatoms. The Hall–Kier alpha value is -1.83. The smallest absolute Gasteiger partial charge is 0.339 e. The van der Waals surface area contributed by atoms with Crippen molar-refractivity contribution in [2.75, 3.05) is 18.5 Å². The third-order valence-electron chi connectivity index (χ3n) is 2.81. The molecule has 0 saturated heterocycles. The van der Waals surface area contributed by atoms with Crippen LogP contribution in [0, 0.1) is 0 Å². The van der Waals surface area contributed by atoms with Crippen LogP contribution >= 0.6 is 0 Å². The van der Waals surface area contributed by atoms with Crippen molar-refractivity contribution in [1.29, 1.82) is 0 Å². The number of hydrogen-bond donors (Lipinski definition) is 3. The maximum absolute atomic E-state index is 13.0. The van der Waals surface area contributed by atoms with E-state index >= 15 is 0 Å². The SMILES string of the molecule is CCc1nnc(NCC(F)(F)CO)c(C(=O)O)c1CC. The maximum Gasteiger partial charge on any atom is 0.339 e. The van der Waals surface area contributed by atoms with Crippen molar-refractivity contribution in [2.45, 2.75) is 32.6 Å². The highest BCUT2D eigenvalue weighted by atomic mass is 19.3. The van der Waals surface area contributed by atoms with Gasteiger partial charge in [0.25, 0.3) is 5.92 Å². The zero-order valence-electron chi connectivity index (χ0n) is 11.3. The topological polar surface area (TPSA) is 95.3 Å². The van der Waals surface area contributed by atoms with Crippen LogP contribution in [0.25, 0.3) is 0 Å². The van der Waals surface area contributed by atoms with Gasteiger partial charge in [0.05, 0.1) is 12.2 Å². The average Bonchev–Trinajstić information content (AvgIpc) is 2.43. The van der Waals surface area contributed by atoms with Crippen LogP contribution in [0.15, 0.2) is 0 Å². The van der Waals surface area contributed by atoms with Crippen LogP contribution in [-0.4, -0.2) is 45.5 Å². The first kappa shape index (κ1) is 16.2. The number of nitrogens with zero attached hydrogens (tertiary/aromatic N) is 2. The number of aliphatic hydroxyl groups excluding tert-OH is 1. The van der Waals surface area contributed by atoms with Gasteiger partial charge in [-0.2, -0.15) is 5.10 Å². The molecule has 0 aromatic carbocycles. The Labute approximate surface area is 114 Å². The molecule has 0 bridgehead atoms. The monoisotopic (exact) mass is 289 g/mol. The number of rotatable bonds is 7. The minimum absolute atomic E-state index is 0.145. The van der Waals surface area contributed by atoms with Crippen molar-refractivity contribution in [2.24, 2.45) is 0 Å². The van der Waals surface area contributed by atoms with Gasteiger partial charge in [0, 0.05) is 0 Å². The normalized spacial score (nSPS) is 11.4. The van der Waals surface area contributed by atoms with Crippen LogP contribution in [0.2, 0.25) is 0 Å². The molecule has 112 valence electrons. The van der Waals surface area contributed by atoms with Gasteiger partial charge < -0.3 is 15.5 Å². The minimum atomic E-state index is -3.35. The number of carbonyl (C=O) groups is 1. The summed E-state index contributed by atoms with van der Waals surface area (Å²) in [7, 11) is 0. The molecule has 1 rings (SSSR count). The maximum atomic E-state index is 13.0. The van der Waals surface area contributed by atoms with E-state index in [-0.39, 0.29) is 11.4 Å². The lowest BCUT2D eigenvalue weighted by molar-refractivity contribution is -0.0373. The molecule has 6 nitrogen and oxygen atoms in total. The molecule has 20 heavy (non-hydrogen) atoms. The van der Waals surface area contributed by atoms with Gasteiger partial charge in [-0.25, -0.2) is 13.6 Å². The van der Waals surface area contributed by atoms with E-state index in [0.29, 0.717) is 24.1 Å². The van der Waals surface area contributed by atoms with E-state index in [1.54, 1.807) is 6.92 Å². The van der Waals surface area contributed by atoms with Crippen molar-refractivity contribution >= 4 is 11.8 Å². The van der Waals surface area contributed by atoms with Crippen molar-refractivity contribution in [3.05, 3.63) is 16.8 Å². The van der Waals surface area contributed by atoms with Crippen molar-refractivity contribution in [3.8, 4) is 0 Å². The lowest BCUT2D eigenvalue weighted by atomic mass is 10.0. The Morgan fingerprint density at radius 1 is 1.30 bits per heavy atom. The Kier molecular flexibility index (Phi) is 5.32. The number of carboxylic acid groups (broad SMARTS) is 1. The highest BCUT2D eigenvalue weighted by molar-refractivity contribution is 5.95. The molecule has 0 fully saturated rings. The first-order valence-corrected chi connectivity index (χ1v) is 6.20. The second kappa shape index (κ2) is 6.56. The van der Waals surface area contributed by atoms with Crippen LogP contribution in [0.5, 0.6) is 0 Å². The molecule has 0 aliphatic carbocycles. The van der Waals surface area contributed by atoms with Crippen LogP contribution in [0.4, 0.5) is 14.6 Å². The first-order chi connectivity index (χ1) is 9.36. The molecule has 0 aliphatic rings. The summed E-state index contributed by atoms with van der Waals surface area (Å²) in [6, 6.07) is 0. The van der Waals surface area contributed by atoms with Crippen LogP contribution in [0.3, 0.4) is 0 Å². The van der Waals surface area contributed by atoms with E-state index in [2.05, 4.69) is 15.5 Å². The fourth-order valence-corrected chi connectivity index (χ4v) is 1.80. The molecule has 0 aliphatic heterocycles. The standard InChI is InChI=1S/C12H17F2N3O3/c1-3-7-8(4-2)16-17-10(9(7)11(19)20)15-5-12(13,14)6-18/h18H,3-6H2,1-2H3,(H,15,17)(H,19,20). The highest BCUT2D eigenvalue weighted by Crippen LogP contribution is 2.22. The summed E-state index contributed by atoms with van der Waals surface area (Å²) in [5, 5.41) is 27.5. The number of carboxylic acids is 1. The first-order valence-electron chi connectivity index (χ1n) is 6.20. The molecule has 0 atom stereocenters. The summed E-state index contributed by atoms with van der Waals surface area (Å²) in [4.78, 5) is 11.3. The predicted molar refractivity (Wildman–Crippen MR) is 68.3 cm³/mol. The third kappa shape index (κ3) is 3.60. The largest absolute Gasteiger partial charge is 0.478 e. The molecule has 1 aromatic rings. The van der Waals surface area contributed by atoms with Crippen LogP contribution in [-0.2, 0) is 12.8 Å². The number of aliphatic hydroxyl groups is 1. The fourth-order valence-electron chi connectivity index (χ4n) is 1.80. The van der Waals surface area contributed by atoms with Gasteiger partial charge in [-0.15, -0.1) is 5.10 Å². The summed E-state index contributed by atoms with van der Waals surface area (Å²) in [6.07, 6.45) is 0.912. The van der Waals surface area contributed by atoms with Crippen molar-refractivity contribution < 1.29 is 23.8 Å². The predicted octanol–water partition coefficient (Wildman–Crippen LogP) is 1.34. The molecular formula is C12H17F2N3O3. The van der Waals surface area contributed by atoms with Gasteiger partial charge in [0.15, 0.2) is 5.82 Å². The number of alkyl halides is 2. The average molecular weight is 289 g/mol. The molecule has 3 N–H and O–H groups in total. The van der Waals surface area contributed by atoms with Crippen molar-refractivity contribution in [1.82, 2.24) is 10.2 Å². The van der Waals surface area contributed by atoms with E-state index in [0.717, 1.165) is 0 Å². The molecule has 0 saturated carbocycles. The highest BCUT2D eigenvalue weighted by Gasteiger charge is 2.29. The van der Waals surface area contributed by atoms with Crippen LogP contribution in [0.1, 0.15) is 35.5 Å². The van der Waals surface area contributed by atoms with Gasteiger partial charge in [-0.1, -0.05) is 13.8 Å². The summed E-state index contributed by atoms with van der Waals surface area (Å²) < 4.78 is 26.0. The summed E-state index contributed by atoms with van der Waals surface area (Å²) in [5.41, 5.74) is 0.863. The van der Waals surface area contributed by atoms with E-state index in [1.807, 2.05) is 6.92 Å². The number of hydrogen-bond acceptors (Lipinski definition) is 5. The Balaban J connectivity index is 3.17. The number of aromatic carboxylic acids is 1. The zero-order valence-corrected chi connectivity index (χ0v) is 11.3. The molecular weight excluding hydrogens is 272 g/mol. The van der Waals surface area contributed by atoms with Gasteiger partial charge in [0.1, 0.15) is 12.2 Å². The second-order valence-corrected chi connectivity index (χ2v) is 4.23. The summed E-state index contributed by atoms with van der Waals surface area (Å²) in [6.45, 7) is 1.33. The Morgan fingerprint density at radius 2 is 1.95 bits per heavy atom. The van der Waals surface area contributed by atoms with Gasteiger partial charge in [-0.3, -0.25) is 0 Å². The van der Waals surface area contributed by atoms with E-state index < -0.39 is 25.0 Å². The van der Waals surface area contributed by atoms with E-state index in [9.17, 15) is 18.7 Å². The Bertz CT molecular complexity index is 495. The number of anilines is 1. The van der Waals surface area contributed by atoms with Gasteiger partial charge in [0.2, 0.25) is 0 Å². The number of aryl methyl sites for hydroxylation is 1. The third-order valence-corrected chi connectivity index (χ3v) is 2.81. The van der Waals surface area contributed by atoms with E-state index in [1.165, 1.54) is 0 Å². The minimum Gasteiger partial charge on any atom is -0.478 e. The van der Waals surface area contributed by atoms with E-state index in [4.69, 9.17) is 5.11 Å². The quantitative estimate of drug-likeness (QED) is 0.701. The zero-order chi connectivity index (χ0) is 15.3. The lowest BCUT2D eigenvalue weighted by Crippen LogP contribution is -2.32. The van der Waals surface area contributed by atoms with Crippen LogP contribution < -0.4 is 5.32 Å². The van der Waals surface area contributed by atoms with Gasteiger partial charge in [-0.05, 0) is 18.4 Å².